The number of halogens is 3. The Morgan fingerprint density at radius 1 is 1.45 bits per heavy atom. The molecule has 5 nitrogen and oxygen atoms in total. The lowest BCUT2D eigenvalue weighted by Gasteiger charge is -2.23. The number of ether oxygens (including phenoxy) is 1. The largest absolute Gasteiger partial charge is 0.505 e. The summed E-state index contributed by atoms with van der Waals surface area (Å²) >= 11 is 11.5. The number of anilines is 1. The van der Waals surface area contributed by atoms with Gasteiger partial charge in [-0.15, -0.1) is 12.4 Å². The summed E-state index contributed by atoms with van der Waals surface area (Å²) in [6, 6.07) is 2.89. The van der Waals surface area contributed by atoms with Crippen LogP contribution >= 0.6 is 35.6 Å². The van der Waals surface area contributed by atoms with Gasteiger partial charge < -0.3 is 20.5 Å². The van der Waals surface area contributed by atoms with E-state index in [1.165, 1.54) is 12.1 Å². The van der Waals surface area contributed by atoms with E-state index in [4.69, 9.17) is 27.9 Å². The number of rotatable bonds is 3. The second-order valence-electron chi connectivity index (χ2n) is 4.24. The fourth-order valence-corrected chi connectivity index (χ4v) is 2.29. The van der Waals surface area contributed by atoms with Gasteiger partial charge in [0.15, 0.2) is 5.75 Å². The van der Waals surface area contributed by atoms with E-state index in [-0.39, 0.29) is 46.6 Å². The molecule has 0 spiro atoms. The lowest BCUT2D eigenvalue weighted by molar-refractivity contribution is -0.119. The summed E-state index contributed by atoms with van der Waals surface area (Å²) in [5, 5.41) is 15.4. The van der Waals surface area contributed by atoms with Crippen LogP contribution in [0.2, 0.25) is 10.0 Å². The predicted octanol–water partition coefficient (Wildman–Crippen LogP) is 2.44. The van der Waals surface area contributed by atoms with Crippen LogP contribution in [-0.2, 0) is 9.53 Å². The normalized spacial score (nSPS) is 18.2. The molecule has 3 N–H and O–H groups in total. The summed E-state index contributed by atoms with van der Waals surface area (Å²) in [5.41, 5.74) is 0.446. The first-order chi connectivity index (χ1) is 9.06. The van der Waals surface area contributed by atoms with Gasteiger partial charge in [-0.05, 0) is 12.1 Å². The Morgan fingerprint density at radius 2 is 2.10 bits per heavy atom. The molecule has 1 aromatic rings. The van der Waals surface area contributed by atoms with Crippen molar-refractivity contribution in [2.45, 2.75) is 12.5 Å². The van der Waals surface area contributed by atoms with E-state index in [9.17, 15) is 9.90 Å². The first-order valence-corrected chi connectivity index (χ1v) is 6.62. The van der Waals surface area contributed by atoms with Gasteiger partial charge in [0.25, 0.3) is 0 Å². The number of aromatic hydroxyl groups is 1. The SMILES string of the molecule is Cl.O=C(CC1CNCCO1)Nc1cc(Cl)c(O)c(Cl)c1. The van der Waals surface area contributed by atoms with Crippen LogP contribution in [0.5, 0.6) is 5.75 Å². The Bertz CT molecular complexity index is 456. The van der Waals surface area contributed by atoms with E-state index in [2.05, 4.69) is 10.6 Å². The molecule has 0 saturated carbocycles. The molecule has 1 saturated heterocycles. The molecule has 1 aliphatic rings. The van der Waals surface area contributed by atoms with E-state index >= 15 is 0 Å². The van der Waals surface area contributed by atoms with Crippen molar-refractivity contribution >= 4 is 47.2 Å². The molecule has 0 bridgehead atoms. The number of phenols is 1. The molecule has 20 heavy (non-hydrogen) atoms. The van der Waals surface area contributed by atoms with Crippen molar-refractivity contribution < 1.29 is 14.6 Å². The second kappa shape index (κ2) is 7.90. The van der Waals surface area contributed by atoms with Crippen molar-refractivity contribution in [3.63, 3.8) is 0 Å². The third-order valence-electron chi connectivity index (χ3n) is 2.72. The Morgan fingerprint density at radius 3 is 2.65 bits per heavy atom. The van der Waals surface area contributed by atoms with Crippen molar-refractivity contribution in [2.24, 2.45) is 0 Å². The zero-order valence-electron chi connectivity index (χ0n) is 10.5. The van der Waals surface area contributed by atoms with Crippen LogP contribution in [0.15, 0.2) is 12.1 Å². The van der Waals surface area contributed by atoms with Crippen LogP contribution < -0.4 is 10.6 Å². The maximum absolute atomic E-state index is 11.8. The number of carbonyl (C=O) groups is 1. The van der Waals surface area contributed by atoms with Gasteiger partial charge in [0, 0.05) is 18.8 Å². The van der Waals surface area contributed by atoms with Gasteiger partial charge in [0.05, 0.1) is 29.2 Å². The third-order valence-corrected chi connectivity index (χ3v) is 3.29. The Hall–Kier alpha value is -0.720. The number of hydrogen-bond acceptors (Lipinski definition) is 4. The number of carbonyl (C=O) groups excluding carboxylic acids is 1. The summed E-state index contributed by atoms with van der Waals surface area (Å²) in [4.78, 5) is 11.8. The van der Waals surface area contributed by atoms with E-state index in [0.29, 0.717) is 18.8 Å². The molecule has 1 amide bonds. The van der Waals surface area contributed by atoms with Gasteiger partial charge in [-0.25, -0.2) is 0 Å². The molecule has 1 heterocycles. The minimum atomic E-state index is -0.193. The average molecular weight is 342 g/mol. The monoisotopic (exact) mass is 340 g/mol. The fraction of sp³-hybridized carbons (Fsp3) is 0.417. The Balaban J connectivity index is 0.00000200. The average Bonchev–Trinajstić information content (AvgIpc) is 2.37. The number of phenolic OH excluding ortho intramolecular Hbond substituents is 1. The lowest BCUT2D eigenvalue weighted by atomic mass is 10.2. The van der Waals surface area contributed by atoms with Gasteiger partial charge in [-0.1, -0.05) is 23.2 Å². The number of benzene rings is 1. The van der Waals surface area contributed by atoms with Gasteiger partial charge >= 0.3 is 0 Å². The second-order valence-corrected chi connectivity index (χ2v) is 5.05. The standard InChI is InChI=1S/C12H14Cl2N2O3.ClH/c13-9-3-7(4-10(14)12(9)18)16-11(17)5-8-6-15-1-2-19-8;/h3-4,8,15,18H,1-2,5-6H2,(H,16,17);1H. The topological polar surface area (TPSA) is 70.6 Å². The molecule has 1 aromatic carbocycles. The number of morpholine rings is 1. The van der Waals surface area contributed by atoms with Crippen molar-refractivity contribution in [1.82, 2.24) is 5.32 Å². The maximum Gasteiger partial charge on any atom is 0.227 e. The van der Waals surface area contributed by atoms with Crippen LogP contribution in [0.1, 0.15) is 6.42 Å². The highest BCUT2D eigenvalue weighted by molar-refractivity contribution is 6.37. The zero-order chi connectivity index (χ0) is 13.8. The highest BCUT2D eigenvalue weighted by Crippen LogP contribution is 2.34. The summed E-state index contributed by atoms with van der Waals surface area (Å²) in [5.74, 6) is -0.382. The van der Waals surface area contributed by atoms with Crippen molar-refractivity contribution in [2.75, 3.05) is 25.0 Å². The molecule has 1 fully saturated rings. The molecular weight excluding hydrogens is 327 g/mol. The molecule has 1 aliphatic heterocycles. The van der Waals surface area contributed by atoms with E-state index in [0.717, 1.165) is 6.54 Å². The van der Waals surface area contributed by atoms with Crippen LogP contribution in [0.25, 0.3) is 0 Å². The molecule has 0 aliphatic carbocycles. The van der Waals surface area contributed by atoms with Crippen molar-refractivity contribution in [3.05, 3.63) is 22.2 Å². The minimum absolute atomic E-state index is 0. The molecule has 8 heteroatoms. The third kappa shape index (κ3) is 4.68. The fourth-order valence-electron chi connectivity index (χ4n) is 1.81. The molecular formula is C12H15Cl3N2O3. The molecule has 112 valence electrons. The molecule has 2 rings (SSSR count). The summed E-state index contributed by atoms with van der Waals surface area (Å²) in [6.07, 6.45) is 0.125. The van der Waals surface area contributed by atoms with Gasteiger partial charge in [-0.3, -0.25) is 4.79 Å². The molecule has 0 aromatic heterocycles. The van der Waals surface area contributed by atoms with Crippen LogP contribution in [-0.4, -0.2) is 36.8 Å². The highest BCUT2D eigenvalue weighted by atomic mass is 35.5. The van der Waals surface area contributed by atoms with Gasteiger partial charge in [-0.2, -0.15) is 0 Å². The summed E-state index contributed by atoms with van der Waals surface area (Å²) in [6.45, 7) is 2.07. The number of hydrogen-bond donors (Lipinski definition) is 3. The first-order valence-electron chi connectivity index (χ1n) is 5.86. The Labute approximate surface area is 133 Å². The predicted molar refractivity (Wildman–Crippen MR) is 81.2 cm³/mol. The van der Waals surface area contributed by atoms with E-state index in [1.54, 1.807) is 0 Å². The molecule has 0 radical (unpaired) electrons. The zero-order valence-corrected chi connectivity index (χ0v) is 12.8. The maximum atomic E-state index is 11.8. The van der Waals surface area contributed by atoms with Crippen LogP contribution in [0.4, 0.5) is 5.69 Å². The molecule has 1 atom stereocenters. The number of nitrogens with one attached hydrogen (secondary N) is 2. The lowest BCUT2D eigenvalue weighted by Crippen LogP contribution is -2.40. The van der Waals surface area contributed by atoms with Crippen molar-refractivity contribution in [1.29, 1.82) is 0 Å². The quantitative estimate of drug-likeness (QED) is 0.739. The smallest absolute Gasteiger partial charge is 0.227 e. The van der Waals surface area contributed by atoms with Crippen LogP contribution in [0.3, 0.4) is 0 Å². The first kappa shape index (κ1) is 17.3. The minimum Gasteiger partial charge on any atom is -0.505 e. The molecule has 1 unspecified atom stereocenters. The number of amides is 1. The van der Waals surface area contributed by atoms with E-state index < -0.39 is 0 Å². The Kier molecular flexibility index (Phi) is 6.85. The highest BCUT2D eigenvalue weighted by Gasteiger charge is 2.18. The summed E-state index contributed by atoms with van der Waals surface area (Å²) < 4.78 is 5.44. The van der Waals surface area contributed by atoms with Gasteiger partial charge in [0.1, 0.15) is 0 Å². The van der Waals surface area contributed by atoms with Gasteiger partial charge in [0.2, 0.25) is 5.91 Å². The van der Waals surface area contributed by atoms with E-state index in [1.807, 2.05) is 0 Å². The van der Waals surface area contributed by atoms with Crippen LogP contribution in [0, 0.1) is 0 Å². The summed E-state index contributed by atoms with van der Waals surface area (Å²) in [7, 11) is 0. The van der Waals surface area contributed by atoms with Crippen molar-refractivity contribution in [3.8, 4) is 5.75 Å².